The second-order valence-corrected chi connectivity index (χ2v) is 5.14. The fourth-order valence-corrected chi connectivity index (χ4v) is 2.17. The Hall–Kier alpha value is -1.84. The van der Waals surface area contributed by atoms with Crippen LogP contribution < -0.4 is 0 Å². The first kappa shape index (κ1) is 13.6. The minimum atomic E-state index is -1.67. The van der Waals surface area contributed by atoms with Crippen molar-refractivity contribution in [3.05, 3.63) is 65.2 Å². The average Bonchev–Trinajstić information content (AvgIpc) is 2.39. The Labute approximate surface area is 112 Å². The minimum Gasteiger partial charge on any atom is -0.507 e. The molecule has 19 heavy (non-hydrogen) atoms. The fraction of sp³-hybridized carbons (Fsp3) is 0.250. The molecular weight excluding hydrogens is 240 g/mol. The molecule has 2 aromatic rings. The summed E-state index contributed by atoms with van der Waals surface area (Å²) >= 11 is 0. The molecule has 2 aromatic carbocycles. The fourth-order valence-electron chi connectivity index (χ4n) is 2.17. The van der Waals surface area contributed by atoms with Gasteiger partial charge in [0, 0.05) is 11.0 Å². The van der Waals surface area contributed by atoms with Gasteiger partial charge in [0.1, 0.15) is 5.75 Å². The normalized spacial score (nSPS) is 11.8. The standard InChI is InChI=1S/C16H18O3/c1-16(2,11-6-4-3-5-7-11)12-8-9-14(17)13(10-12)15(18)19/h3-10,15,17-19H,1-2H3. The summed E-state index contributed by atoms with van der Waals surface area (Å²) < 4.78 is 0. The maximum atomic E-state index is 9.62. The molecule has 0 heterocycles. The number of rotatable bonds is 3. The van der Waals surface area contributed by atoms with E-state index in [-0.39, 0.29) is 16.7 Å². The van der Waals surface area contributed by atoms with Crippen LogP contribution in [0.2, 0.25) is 0 Å². The second-order valence-electron chi connectivity index (χ2n) is 5.14. The van der Waals surface area contributed by atoms with E-state index in [0.29, 0.717) is 0 Å². The molecule has 0 unspecified atom stereocenters. The smallest absolute Gasteiger partial charge is 0.182 e. The molecule has 100 valence electrons. The van der Waals surface area contributed by atoms with Crippen molar-refractivity contribution in [1.82, 2.24) is 0 Å². The highest BCUT2D eigenvalue weighted by molar-refractivity contribution is 5.44. The van der Waals surface area contributed by atoms with Gasteiger partial charge in [-0.3, -0.25) is 0 Å². The van der Waals surface area contributed by atoms with E-state index in [0.717, 1.165) is 11.1 Å². The van der Waals surface area contributed by atoms with E-state index in [2.05, 4.69) is 13.8 Å². The lowest BCUT2D eigenvalue weighted by molar-refractivity contribution is -0.0439. The Morgan fingerprint density at radius 2 is 1.53 bits per heavy atom. The Balaban J connectivity index is 2.49. The molecule has 0 radical (unpaired) electrons. The lowest BCUT2D eigenvalue weighted by Gasteiger charge is -2.27. The number of aliphatic hydroxyl groups is 2. The first-order chi connectivity index (χ1) is 8.93. The topological polar surface area (TPSA) is 60.7 Å². The van der Waals surface area contributed by atoms with Crippen LogP contribution in [-0.2, 0) is 5.41 Å². The predicted molar refractivity (Wildman–Crippen MR) is 73.9 cm³/mol. The predicted octanol–water partition coefficient (Wildman–Crippen LogP) is 2.70. The molecule has 0 bridgehead atoms. The SMILES string of the molecule is CC(C)(c1ccccc1)c1ccc(O)c(C(O)O)c1. The molecular formula is C16H18O3. The van der Waals surface area contributed by atoms with E-state index < -0.39 is 6.29 Å². The van der Waals surface area contributed by atoms with Gasteiger partial charge in [-0.2, -0.15) is 0 Å². The zero-order chi connectivity index (χ0) is 14.0. The van der Waals surface area contributed by atoms with Gasteiger partial charge < -0.3 is 15.3 Å². The van der Waals surface area contributed by atoms with Crippen molar-refractivity contribution in [2.45, 2.75) is 25.6 Å². The van der Waals surface area contributed by atoms with Crippen LogP contribution in [-0.4, -0.2) is 15.3 Å². The maximum Gasteiger partial charge on any atom is 0.182 e. The van der Waals surface area contributed by atoms with E-state index in [1.807, 2.05) is 30.3 Å². The van der Waals surface area contributed by atoms with Gasteiger partial charge >= 0.3 is 0 Å². The molecule has 0 amide bonds. The number of hydrogen-bond acceptors (Lipinski definition) is 3. The van der Waals surface area contributed by atoms with Crippen LogP contribution in [0.1, 0.15) is 36.8 Å². The van der Waals surface area contributed by atoms with E-state index in [4.69, 9.17) is 0 Å². The number of benzene rings is 2. The Kier molecular flexibility index (Phi) is 3.60. The number of aliphatic hydroxyl groups excluding tert-OH is 1. The van der Waals surface area contributed by atoms with Crippen molar-refractivity contribution in [1.29, 1.82) is 0 Å². The number of phenolic OH excluding ortho intramolecular Hbond substituents is 1. The first-order valence-corrected chi connectivity index (χ1v) is 6.18. The highest BCUT2D eigenvalue weighted by Crippen LogP contribution is 2.34. The van der Waals surface area contributed by atoms with Crippen LogP contribution in [0.5, 0.6) is 5.75 Å². The van der Waals surface area contributed by atoms with Crippen LogP contribution in [0.3, 0.4) is 0 Å². The third-order valence-corrected chi connectivity index (χ3v) is 3.52. The highest BCUT2D eigenvalue weighted by atomic mass is 16.5. The van der Waals surface area contributed by atoms with Gasteiger partial charge in [-0.25, -0.2) is 0 Å². The molecule has 3 N–H and O–H groups in total. The molecule has 0 saturated heterocycles. The average molecular weight is 258 g/mol. The third kappa shape index (κ3) is 2.62. The summed E-state index contributed by atoms with van der Waals surface area (Å²) in [6.45, 7) is 4.12. The first-order valence-electron chi connectivity index (χ1n) is 6.18. The summed E-state index contributed by atoms with van der Waals surface area (Å²) in [5.41, 5.74) is 1.89. The van der Waals surface area contributed by atoms with Crippen LogP contribution in [0.25, 0.3) is 0 Å². The van der Waals surface area contributed by atoms with Crippen molar-refractivity contribution in [2.24, 2.45) is 0 Å². The minimum absolute atomic E-state index is 0.109. The van der Waals surface area contributed by atoms with Crippen LogP contribution >= 0.6 is 0 Å². The molecule has 0 aliphatic rings. The monoisotopic (exact) mass is 258 g/mol. The van der Waals surface area contributed by atoms with E-state index in [1.54, 1.807) is 12.1 Å². The quantitative estimate of drug-likeness (QED) is 0.742. The molecule has 0 fully saturated rings. The zero-order valence-electron chi connectivity index (χ0n) is 11.0. The molecule has 0 aliphatic carbocycles. The molecule has 2 rings (SSSR count). The van der Waals surface area contributed by atoms with Crippen molar-refractivity contribution >= 4 is 0 Å². The van der Waals surface area contributed by atoms with Gasteiger partial charge in [0.2, 0.25) is 0 Å². The number of hydrogen-bond donors (Lipinski definition) is 3. The van der Waals surface area contributed by atoms with Gasteiger partial charge in [0.15, 0.2) is 6.29 Å². The summed E-state index contributed by atoms with van der Waals surface area (Å²) in [7, 11) is 0. The Morgan fingerprint density at radius 3 is 2.11 bits per heavy atom. The van der Waals surface area contributed by atoms with Gasteiger partial charge in [-0.1, -0.05) is 50.2 Å². The van der Waals surface area contributed by atoms with E-state index in [1.165, 1.54) is 6.07 Å². The molecule has 0 aromatic heterocycles. The molecule has 0 spiro atoms. The molecule has 0 saturated carbocycles. The van der Waals surface area contributed by atoms with E-state index in [9.17, 15) is 15.3 Å². The van der Waals surface area contributed by atoms with Gasteiger partial charge in [-0.15, -0.1) is 0 Å². The third-order valence-electron chi connectivity index (χ3n) is 3.52. The van der Waals surface area contributed by atoms with Crippen LogP contribution in [0.15, 0.2) is 48.5 Å². The molecule has 0 atom stereocenters. The summed E-state index contributed by atoms with van der Waals surface area (Å²) in [4.78, 5) is 0. The van der Waals surface area contributed by atoms with Crippen LogP contribution in [0.4, 0.5) is 0 Å². The van der Waals surface area contributed by atoms with Crippen molar-refractivity contribution < 1.29 is 15.3 Å². The maximum absolute atomic E-state index is 9.62. The van der Waals surface area contributed by atoms with Crippen molar-refractivity contribution in [3.8, 4) is 5.75 Å². The lowest BCUT2D eigenvalue weighted by Crippen LogP contribution is -2.19. The number of phenols is 1. The van der Waals surface area contributed by atoms with E-state index >= 15 is 0 Å². The van der Waals surface area contributed by atoms with Gasteiger partial charge in [0.25, 0.3) is 0 Å². The summed E-state index contributed by atoms with van der Waals surface area (Å²) in [5, 5.41) is 28.1. The molecule has 3 heteroatoms. The Morgan fingerprint density at radius 1 is 0.895 bits per heavy atom. The molecule has 3 nitrogen and oxygen atoms in total. The summed E-state index contributed by atoms with van der Waals surface area (Å²) in [6, 6.07) is 14.9. The number of aromatic hydroxyl groups is 1. The largest absolute Gasteiger partial charge is 0.507 e. The van der Waals surface area contributed by atoms with Gasteiger partial charge in [-0.05, 0) is 23.3 Å². The van der Waals surface area contributed by atoms with Crippen molar-refractivity contribution in [3.63, 3.8) is 0 Å². The van der Waals surface area contributed by atoms with Gasteiger partial charge in [0.05, 0.1) is 0 Å². The second kappa shape index (κ2) is 5.03. The molecule has 0 aliphatic heterocycles. The Bertz CT molecular complexity index is 559. The van der Waals surface area contributed by atoms with Crippen molar-refractivity contribution in [2.75, 3.05) is 0 Å². The van der Waals surface area contributed by atoms with Crippen LogP contribution in [0, 0.1) is 0 Å². The lowest BCUT2D eigenvalue weighted by atomic mass is 9.77. The highest BCUT2D eigenvalue weighted by Gasteiger charge is 2.24. The summed E-state index contributed by atoms with van der Waals surface area (Å²) in [5.74, 6) is -0.109. The summed E-state index contributed by atoms with van der Waals surface area (Å²) in [6.07, 6.45) is -1.67. The zero-order valence-corrected chi connectivity index (χ0v) is 11.0.